The smallest absolute Gasteiger partial charge is 0.255 e. The summed E-state index contributed by atoms with van der Waals surface area (Å²) in [5, 5.41) is 0. The zero-order chi connectivity index (χ0) is 21.4. The Morgan fingerprint density at radius 1 is 0.931 bits per heavy atom. The van der Waals surface area contributed by atoms with Gasteiger partial charge in [-0.05, 0) is 48.2 Å². The lowest BCUT2D eigenvalue weighted by atomic mass is 9.84. The molecule has 1 aliphatic rings. The molecule has 0 N–H and O–H groups in total. The fourth-order valence-electron chi connectivity index (χ4n) is 3.48. The molecule has 29 heavy (non-hydrogen) atoms. The van der Waals surface area contributed by atoms with E-state index in [1.165, 1.54) is 24.4 Å². The molecule has 1 aromatic carbocycles. The Kier molecular flexibility index (Phi) is 5.47. The van der Waals surface area contributed by atoms with Crippen LogP contribution in [-0.4, -0.2) is 19.7 Å². The van der Waals surface area contributed by atoms with Gasteiger partial charge in [0, 0.05) is 23.4 Å². The summed E-state index contributed by atoms with van der Waals surface area (Å²) in [7, 11) is -3.36. The molecule has 0 bridgehead atoms. The van der Waals surface area contributed by atoms with Crippen molar-refractivity contribution in [3.63, 3.8) is 0 Å². The standard InChI is InChI=1S/C22H22F3NO2S/c1-4-21(5-2)12-18(15-6-8-16(9-7-15)22(23,24)25)19(13-21)20-11-10-17(14-26-20)29(3,27)28/h6-14H,4-5H2,1-3H3. The van der Waals surface area contributed by atoms with E-state index >= 15 is 0 Å². The van der Waals surface area contributed by atoms with Gasteiger partial charge in [-0.15, -0.1) is 0 Å². The third kappa shape index (κ3) is 4.29. The molecule has 0 atom stereocenters. The minimum atomic E-state index is -4.39. The molecule has 1 aliphatic carbocycles. The molecule has 1 heterocycles. The fourth-order valence-corrected chi connectivity index (χ4v) is 4.04. The van der Waals surface area contributed by atoms with Gasteiger partial charge in [-0.1, -0.05) is 38.1 Å². The van der Waals surface area contributed by atoms with E-state index in [0.29, 0.717) is 11.3 Å². The number of benzene rings is 1. The predicted octanol–water partition coefficient (Wildman–Crippen LogP) is 5.79. The van der Waals surface area contributed by atoms with Crippen molar-refractivity contribution in [2.45, 2.75) is 37.8 Å². The molecule has 0 saturated carbocycles. The molecule has 0 spiro atoms. The fraction of sp³-hybridized carbons (Fsp3) is 0.318. The van der Waals surface area contributed by atoms with E-state index in [2.05, 4.69) is 31.0 Å². The van der Waals surface area contributed by atoms with E-state index in [0.717, 1.165) is 42.4 Å². The average Bonchev–Trinajstić information content (AvgIpc) is 3.07. The number of hydrogen-bond donors (Lipinski definition) is 0. The van der Waals surface area contributed by atoms with Gasteiger partial charge in [-0.2, -0.15) is 13.2 Å². The van der Waals surface area contributed by atoms with E-state index in [1.54, 1.807) is 6.07 Å². The first-order valence-corrected chi connectivity index (χ1v) is 11.2. The molecule has 7 heteroatoms. The zero-order valence-electron chi connectivity index (χ0n) is 16.4. The van der Waals surface area contributed by atoms with Crippen LogP contribution in [0.15, 0.2) is 59.6 Å². The summed E-state index contributed by atoms with van der Waals surface area (Å²) in [6.07, 6.45) is 3.87. The second-order valence-corrected chi connectivity index (χ2v) is 9.30. The van der Waals surface area contributed by atoms with Crippen LogP contribution in [0.4, 0.5) is 13.2 Å². The van der Waals surface area contributed by atoms with Gasteiger partial charge < -0.3 is 0 Å². The molecule has 0 saturated heterocycles. The van der Waals surface area contributed by atoms with E-state index < -0.39 is 21.6 Å². The van der Waals surface area contributed by atoms with Gasteiger partial charge in [-0.3, -0.25) is 4.98 Å². The lowest BCUT2D eigenvalue weighted by molar-refractivity contribution is -0.137. The van der Waals surface area contributed by atoms with Gasteiger partial charge in [-0.25, -0.2) is 8.42 Å². The number of rotatable bonds is 5. The number of aromatic nitrogens is 1. The van der Waals surface area contributed by atoms with Crippen LogP contribution in [0.3, 0.4) is 0 Å². The van der Waals surface area contributed by atoms with Gasteiger partial charge in [0.1, 0.15) is 0 Å². The van der Waals surface area contributed by atoms with Crippen molar-refractivity contribution in [3.05, 3.63) is 71.6 Å². The van der Waals surface area contributed by atoms with Crippen LogP contribution in [0.1, 0.15) is 43.5 Å². The normalized spacial score (nSPS) is 16.5. The lowest BCUT2D eigenvalue weighted by Gasteiger charge is -2.20. The molecule has 0 radical (unpaired) electrons. The highest BCUT2D eigenvalue weighted by molar-refractivity contribution is 7.90. The number of pyridine rings is 1. The average molecular weight is 421 g/mol. The maximum atomic E-state index is 12.9. The Balaban J connectivity index is 2.08. The molecular weight excluding hydrogens is 399 g/mol. The van der Waals surface area contributed by atoms with Crippen molar-refractivity contribution in [1.82, 2.24) is 4.98 Å². The Morgan fingerprint density at radius 3 is 1.97 bits per heavy atom. The van der Waals surface area contributed by atoms with Gasteiger partial charge in [0.2, 0.25) is 0 Å². The first-order valence-electron chi connectivity index (χ1n) is 9.29. The van der Waals surface area contributed by atoms with Crippen molar-refractivity contribution in [2.24, 2.45) is 5.41 Å². The minimum Gasteiger partial charge on any atom is -0.255 e. The molecule has 3 nitrogen and oxygen atoms in total. The van der Waals surface area contributed by atoms with Gasteiger partial charge in [0.15, 0.2) is 9.84 Å². The summed E-state index contributed by atoms with van der Waals surface area (Å²) in [5.41, 5.74) is 1.95. The van der Waals surface area contributed by atoms with Crippen molar-refractivity contribution < 1.29 is 21.6 Å². The van der Waals surface area contributed by atoms with Crippen molar-refractivity contribution in [2.75, 3.05) is 6.26 Å². The highest BCUT2D eigenvalue weighted by Crippen LogP contribution is 2.47. The topological polar surface area (TPSA) is 47.0 Å². The third-order valence-electron chi connectivity index (χ3n) is 5.43. The van der Waals surface area contributed by atoms with Crippen molar-refractivity contribution in [3.8, 4) is 0 Å². The Bertz CT molecular complexity index is 1060. The van der Waals surface area contributed by atoms with E-state index in [4.69, 9.17) is 0 Å². The van der Waals surface area contributed by atoms with Crippen LogP contribution in [0.5, 0.6) is 0 Å². The van der Waals surface area contributed by atoms with Crippen molar-refractivity contribution >= 4 is 21.0 Å². The monoisotopic (exact) mass is 421 g/mol. The van der Waals surface area contributed by atoms with Crippen LogP contribution < -0.4 is 0 Å². The van der Waals surface area contributed by atoms with Crippen LogP contribution in [0, 0.1) is 5.41 Å². The number of alkyl halides is 3. The van der Waals surface area contributed by atoms with Crippen molar-refractivity contribution in [1.29, 1.82) is 0 Å². The predicted molar refractivity (Wildman–Crippen MR) is 108 cm³/mol. The number of halogens is 3. The summed E-state index contributed by atoms with van der Waals surface area (Å²) < 4.78 is 62.2. The summed E-state index contributed by atoms with van der Waals surface area (Å²) >= 11 is 0. The Labute approximate surface area is 168 Å². The largest absolute Gasteiger partial charge is 0.416 e. The number of nitrogens with zero attached hydrogens (tertiary/aromatic N) is 1. The molecule has 0 unspecified atom stereocenters. The lowest BCUT2D eigenvalue weighted by Crippen LogP contribution is -2.09. The minimum absolute atomic E-state index is 0.122. The van der Waals surface area contributed by atoms with Gasteiger partial charge >= 0.3 is 6.18 Å². The summed E-state index contributed by atoms with van der Waals surface area (Å²) in [6, 6.07) is 8.23. The third-order valence-corrected chi connectivity index (χ3v) is 6.53. The number of hydrogen-bond acceptors (Lipinski definition) is 3. The van der Waals surface area contributed by atoms with Gasteiger partial charge in [0.05, 0.1) is 16.2 Å². The summed E-state index contributed by atoms with van der Waals surface area (Å²) in [5.74, 6) is 0. The molecule has 0 aliphatic heterocycles. The highest BCUT2D eigenvalue weighted by Gasteiger charge is 2.33. The maximum absolute atomic E-state index is 12.9. The molecule has 0 fully saturated rings. The number of allylic oxidation sites excluding steroid dienone is 4. The molecule has 1 aromatic heterocycles. The SMILES string of the molecule is CCC1(CC)C=C(c2ccc(C(F)(F)F)cc2)C(c2ccc(S(C)(=O)=O)cn2)=C1. The van der Waals surface area contributed by atoms with Crippen LogP contribution in [0.2, 0.25) is 0 Å². The van der Waals surface area contributed by atoms with E-state index in [9.17, 15) is 21.6 Å². The summed E-state index contributed by atoms with van der Waals surface area (Å²) in [4.78, 5) is 4.45. The van der Waals surface area contributed by atoms with E-state index in [-0.39, 0.29) is 10.3 Å². The molecule has 0 amide bonds. The summed E-state index contributed by atoms with van der Waals surface area (Å²) in [6.45, 7) is 4.12. The first kappa shape index (κ1) is 21.3. The zero-order valence-corrected chi connectivity index (χ0v) is 17.2. The maximum Gasteiger partial charge on any atom is 0.416 e. The second kappa shape index (κ2) is 7.44. The Hall–Kier alpha value is -2.41. The quantitative estimate of drug-likeness (QED) is 0.614. The Morgan fingerprint density at radius 2 is 1.52 bits per heavy atom. The molecule has 2 aromatic rings. The highest BCUT2D eigenvalue weighted by atomic mass is 32.2. The van der Waals surface area contributed by atoms with Crippen LogP contribution in [0.25, 0.3) is 11.1 Å². The molecule has 3 rings (SSSR count). The first-order chi connectivity index (χ1) is 13.5. The molecular formula is C22H22F3NO2S. The van der Waals surface area contributed by atoms with Crippen LogP contribution in [-0.2, 0) is 16.0 Å². The molecule has 154 valence electrons. The number of sulfone groups is 1. The second-order valence-electron chi connectivity index (χ2n) is 7.28. The van der Waals surface area contributed by atoms with E-state index in [1.807, 2.05) is 0 Å². The van der Waals surface area contributed by atoms with Gasteiger partial charge in [0.25, 0.3) is 0 Å². The van der Waals surface area contributed by atoms with Crippen LogP contribution >= 0.6 is 0 Å².